The van der Waals surface area contributed by atoms with Crippen LogP contribution in [0.3, 0.4) is 0 Å². The van der Waals surface area contributed by atoms with E-state index in [1.165, 1.54) is 0 Å². The number of benzene rings is 1. The van der Waals surface area contributed by atoms with Crippen LogP contribution >= 0.6 is 22.6 Å². The summed E-state index contributed by atoms with van der Waals surface area (Å²) in [6, 6.07) is 10.1. The van der Waals surface area contributed by atoms with Gasteiger partial charge in [-0.25, -0.2) is 0 Å². The monoisotopic (exact) mass is 342 g/mol. The third-order valence-corrected chi connectivity index (χ3v) is 3.38. The summed E-state index contributed by atoms with van der Waals surface area (Å²) in [7, 11) is 0. The maximum atomic E-state index is 5.72. The van der Waals surface area contributed by atoms with Crippen LogP contribution in [0.4, 0.5) is 11.4 Å². The van der Waals surface area contributed by atoms with Gasteiger partial charge in [0.1, 0.15) is 5.76 Å². The van der Waals surface area contributed by atoms with Crippen molar-refractivity contribution >= 4 is 34.0 Å². The maximum Gasteiger partial charge on any atom is 0.105 e. The Labute approximate surface area is 115 Å². The van der Waals surface area contributed by atoms with Crippen molar-refractivity contribution < 1.29 is 4.42 Å². The molecule has 1 aromatic heterocycles. The van der Waals surface area contributed by atoms with Gasteiger partial charge in [0.25, 0.3) is 0 Å². The molecule has 1 atom stereocenters. The number of hydrogen-bond donors (Lipinski definition) is 2. The minimum absolute atomic E-state index is 0.318. The fraction of sp³-hybridized carbons (Fsp3) is 0.231. The molecule has 0 aliphatic carbocycles. The van der Waals surface area contributed by atoms with Crippen LogP contribution in [0, 0.1) is 3.57 Å². The van der Waals surface area contributed by atoms with Gasteiger partial charge in [0, 0.05) is 27.4 Å². The average Bonchev–Trinajstić information content (AvgIpc) is 2.75. The normalized spacial score (nSPS) is 12.4. The minimum Gasteiger partial charge on any atom is -0.469 e. The summed E-state index contributed by atoms with van der Waals surface area (Å²) in [5.41, 5.74) is 7.62. The van der Waals surface area contributed by atoms with Crippen LogP contribution in [0.2, 0.25) is 0 Å². The number of nitrogen functional groups attached to an aromatic ring is 1. The van der Waals surface area contributed by atoms with Crippen LogP contribution < -0.4 is 11.1 Å². The summed E-state index contributed by atoms with van der Waals surface area (Å²) in [6.45, 7) is 2.13. The van der Waals surface area contributed by atoms with Gasteiger partial charge in [0.15, 0.2) is 0 Å². The molecule has 1 unspecified atom stereocenters. The summed E-state index contributed by atoms with van der Waals surface area (Å²) in [5.74, 6) is 0.996. The van der Waals surface area contributed by atoms with Gasteiger partial charge in [-0.05, 0) is 59.8 Å². The van der Waals surface area contributed by atoms with Gasteiger partial charge in [-0.2, -0.15) is 0 Å². The van der Waals surface area contributed by atoms with Crippen molar-refractivity contribution in [3.8, 4) is 0 Å². The Morgan fingerprint density at radius 3 is 2.88 bits per heavy atom. The second-order valence-electron chi connectivity index (χ2n) is 4.07. The second kappa shape index (κ2) is 5.44. The lowest BCUT2D eigenvalue weighted by Gasteiger charge is -2.15. The van der Waals surface area contributed by atoms with Crippen molar-refractivity contribution in [2.75, 3.05) is 11.1 Å². The number of nitrogens with one attached hydrogen (secondary N) is 1. The van der Waals surface area contributed by atoms with E-state index in [9.17, 15) is 0 Å². The third-order valence-electron chi connectivity index (χ3n) is 2.48. The van der Waals surface area contributed by atoms with Crippen LogP contribution in [0.25, 0.3) is 0 Å². The summed E-state index contributed by atoms with van der Waals surface area (Å²) >= 11 is 2.28. The number of nitrogens with two attached hydrogens (primary N) is 1. The first-order valence-corrected chi connectivity index (χ1v) is 6.57. The maximum absolute atomic E-state index is 5.72. The van der Waals surface area contributed by atoms with Crippen LogP contribution in [0.5, 0.6) is 0 Å². The van der Waals surface area contributed by atoms with E-state index in [0.29, 0.717) is 6.04 Å². The Kier molecular flexibility index (Phi) is 3.93. The van der Waals surface area contributed by atoms with Gasteiger partial charge < -0.3 is 15.5 Å². The zero-order valence-electron chi connectivity index (χ0n) is 9.61. The quantitative estimate of drug-likeness (QED) is 0.660. The molecule has 1 heterocycles. The first-order chi connectivity index (χ1) is 8.15. The van der Waals surface area contributed by atoms with E-state index in [-0.39, 0.29) is 0 Å². The van der Waals surface area contributed by atoms with Crippen molar-refractivity contribution in [2.24, 2.45) is 0 Å². The summed E-state index contributed by atoms with van der Waals surface area (Å²) < 4.78 is 6.46. The lowest BCUT2D eigenvalue weighted by Crippen LogP contribution is -2.18. The molecule has 90 valence electrons. The molecule has 0 aliphatic rings. The SMILES string of the molecule is CC(Cc1ccco1)Nc1ccc(N)cc1I. The Hall–Kier alpha value is -1.17. The van der Waals surface area contributed by atoms with E-state index in [1.807, 2.05) is 30.3 Å². The highest BCUT2D eigenvalue weighted by atomic mass is 127. The highest BCUT2D eigenvalue weighted by molar-refractivity contribution is 14.1. The smallest absolute Gasteiger partial charge is 0.105 e. The fourth-order valence-corrected chi connectivity index (χ4v) is 2.39. The average molecular weight is 342 g/mol. The topological polar surface area (TPSA) is 51.2 Å². The van der Waals surface area contributed by atoms with Gasteiger partial charge in [-0.3, -0.25) is 0 Å². The highest BCUT2D eigenvalue weighted by Crippen LogP contribution is 2.22. The molecule has 3 nitrogen and oxygen atoms in total. The number of anilines is 2. The largest absolute Gasteiger partial charge is 0.469 e. The number of furan rings is 1. The number of halogens is 1. The van der Waals surface area contributed by atoms with Crippen molar-refractivity contribution in [3.63, 3.8) is 0 Å². The molecule has 0 spiro atoms. The zero-order valence-corrected chi connectivity index (χ0v) is 11.8. The number of hydrogen-bond acceptors (Lipinski definition) is 3. The van der Waals surface area contributed by atoms with E-state index in [2.05, 4.69) is 34.8 Å². The molecular weight excluding hydrogens is 327 g/mol. The summed E-state index contributed by atoms with van der Waals surface area (Å²) in [6.07, 6.45) is 2.57. The third kappa shape index (κ3) is 3.39. The van der Waals surface area contributed by atoms with Crippen LogP contribution in [0.1, 0.15) is 12.7 Å². The molecule has 4 heteroatoms. The van der Waals surface area contributed by atoms with Crippen molar-refractivity contribution in [1.29, 1.82) is 0 Å². The highest BCUT2D eigenvalue weighted by Gasteiger charge is 2.07. The Balaban J connectivity index is 2.00. The summed E-state index contributed by atoms with van der Waals surface area (Å²) in [4.78, 5) is 0. The van der Waals surface area contributed by atoms with Crippen molar-refractivity contribution in [1.82, 2.24) is 0 Å². The van der Waals surface area contributed by atoms with E-state index >= 15 is 0 Å². The summed E-state index contributed by atoms with van der Waals surface area (Å²) in [5, 5.41) is 3.45. The van der Waals surface area contributed by atoms with E-state index < -0.39 is 0 Å². The van der Waals surface area contributed by atoms with Gasteiger partial charge in [0.2, 0.25) is 0 Å². The second-order valence-corrected chi connectivity index (χ2v) is 5.23. The van der Waals surface area contributed by atoms with Crippen LogP contribution in [0.15, 0.2) is 41.0 Å². The van der Waals surface area contributed by atoms with Gasteiger partial charge >= 0.3 is 0 Å². The lowest BCUT2D eigenvalue weighted by molar-refractivity contribution is 0.498. The first-order valence-electron chi connectivity index (χ1n) is 5.49. The van der Waals surface area contributed by atoms with Crippen molar-refractivity contribution in [3.05, 3.63) is 45.9 Å². The molecule has 2 aromatic rings. The molecule has 3 N–H and O–H groups in total. The molecule has 0 amide bonds. The van der Waals surface area contributed by atoms with E-state index in [0.717, 1.165) is 27.1 Å². The molecule has 0 aliphatic heterocycles. The molecule has 2 rings (SSSR count). The van der Waals surface area contributed by atoms with Gasteiger partial charge in [-0.15, -0.1) is 0 Å². The Bertz CT molecular complexity index is 482. The Morgan fingerprint density at radius 1 is 1.41 bits per heavy atom. The molecular formula is C13H15IN2O. The standard InChI is InChI=1S/C13H15IN2O/c1-9(7-11-3-2-6-17-11)16-13-5-4-10(15)8-12(13)14/h2-6,8-9,16H,7,15H2,1H3. The Morgan fingerprint density at radius 2 is 2.24 bits per heavy atom. The molecule has 0 fully saturated rings. The number of rotatable bonds is 4. The predicted octanol–water partition coefficient (Wildman–Crippen LogP) is 3.51. The van der Waals surface area contributed by atoms with Crippen LogP contribution in [-0.2, 0) is 6.42 Å². The van der Waals surface area contributed by atoms with Gasteiger partial charge in [-0.1, -0.05) is 0 Å². The van der Waals surface area contributed by atoms with Crippen molar-refractivity contribution in [2.45, 2.75) is 19.4 Å². The minimum atomic E-state index is 0.318. The lowest BCUT2D eigenvalue weighted by atomic mass is 10.2. The molecule has 0 bridgehead atoms. The molecule has 1 aromatic carbocycles. The molecule has 0 radical (unpaired) electrons. The van der Waals surface area contributed by atoms with Gasteiger partial charge in [0.05, 0.1) is 6.26 Å². The zero-order chi connectivity index (χ0) is 12.3. The first kappa shape index (κ1) is 12.3. The predicted molar refractivity (Wildman–Crippen MR) is 79.1 cm³/mol. The molecule has 0 saturated carbocycles. The molecule has 17 heavy (non-hydrogen) atoms. The van der Waals surface area contributed by atoms with E-state index in [1.54, 1.807) is 6.26 Å². The fourth-order valence-electron chi connectivity index (χ4n) is 1.70. The van der Waals surface area contributed by atoms with Crippen LogP contribution in [-0.4, -0.2) is 6.04 Å². The van der Waals surface area contributed by atoms with E-state index in [4.69, 9.17) is 10.2 Å². The molecule has 0 saturated heterocycles.